The minimum atomic E-state index is 0.430. The van der Waals surface area contributed by atoms with Crippen LogP contribution in [-0.2, 0) is 6.54 Å². The largest absolute Gasteiger partial charge is 0.457 e. The first-order valence-corrected chi connectivity index (χ1v) is 8.79. The lowest BCUT2D eigenvalue weighted by Crippen LogP contribution is -2.07. The van der Waals surface area contributed by atoms with Gasteiger partial charge in [-0.15, -0.1) is 5.10 Å². The lowest BCUT2D eigenvalue weighted by atomic mass is 10.3. The van der Waals surface area contributed by atoms with Crippen LogP contribution >= 0.6 is 0 Å². The molecule has 4 rings (SSSR count). The Kier molecular flexibility index (Phi) is 5.34. The van der Waals surface area contributed by atoms with Crippen LogP contribution in [0, 0.1) is 0 Å². The van der Waals surface area contributed by atoms with E-state index in [4.69, 9.17) is 4.74 Å². The highest BCUT2D eigenvalue weighted by Gasteiger charge is 2.03. The van der Waals surface area contributed by atoms with Crippen LogP contribution in [-0.4, -0.2) is 20.2 Å². The third-order valence-electron chi connectivity index (χ3n) is 3.82. The predicted octanol–water partition coefficient (Wildman–Crippen LogP) is 4.41. The van der Waals surface area contributed by atoms with Crippen molar-refractivity contribution < 1.29 is 4.74 Å². The van der Waals surface area contributed by atoms with Gasteiger partial charge in [-0.1, -0.05) is 24.3 Å². The molecule has 2 aromatic heterocycles. The van der Waals surface area contributed by atoms with E-state index in [2.05, 4.69) is 30.8 Å². The maximum Gasteiger partial charge on any atom is 0.245 e. The SMILES string of the molecule is c1ccc(Oc2ccc(Nc3cnnc(NCc4ccccn4)n3)cc2)cc1. The van der Waals surface area contributed by atoms with Crippen molar-refractivity contribution in [1.82, 2.24) is 20.2 Å². The van der Waals surface area contributed by atoms with Crippen LogP contribution in [0.2, 0.25) is 0 Å². The van der Waals surface area contributed by atoms with Gasteiger partial charge in [0, 0.05) is 11.9 Å². The summed E-state index contributed by atoms with van der Waals surface area (Å²) in [6, 6.07) is 23.0. The fourth-order valence-corrected chi connectivity index (χ4v) is 2.49. The second kappa shape index (κ2) is 8.59. The molecule has 2 N–H and O–H groups in total. The first-order chi connectivity index (χ1) is 13.8. The third-order valence-corrected chi connectivity index (χ3v) is 3.82. The van der Waals surface area contributed by atoms with Crippen LogP contribution in [0.25, 0.3) is 0 Å². The quantitative estimate of drug-likeness (QED) is 0.498. The maximum absolute atomic E-state index is 5.79. The molecule has 2 heterocycles. The Morgan fingerprint density at radius 3 is 2.39 bits per heavy atom. The van der Waals surface area contributed by atoms with Crippen molar-refractivity contribution in [1.29, 1.82) is 0 Å². The number of para-hydroxylation sites is 1. The average molecular weight is 370 g/mol. The Hall–Kier alpha value is -4.00. The van der Waals surface area contributed by atoms with Gasteiger partial charge in [0.2, 0.25) is 5.95 Å². The summed E-state index contributed by atoms with van der Waals surface area (Å²) in [6.45, 7) is 0.525. The Balaban J connectivity index is 1.37. The molecule has 2 aromatic carbocycles. The van der Waals surface area contributed by atoms with Crippen molar-refractivity contribution >= 4 is 17.5 Å². The summed E-state index contributed by atoms with van der Waals surface area (Å²) in [5, 5.41) is 14.3. The minimum absolute atomic E-state index is 0.430. The number of rotatable bonds is 7. The van der Waals surface area contributed by atoms with Crippen molar-refractivity contribution in [2.75, 3.05) is 10.6 Å². The normalized spacial score (nSPS) is 10.3. The molecule has 0 aliphatic carbocycles. The molecule has 0 radical (unpaired) electrons. The van der Waals surface area contributed by atoms with Crippen molar-refractivity contribution in [2.24, 2.45) is 0 Å². The van der Waals surface area contributed by atoms with E-state index in [-0.39, 0.29) is 0 Å². The van der Waals surface area contributed by atoms with E-state index in [1.807, 2.05) is 72.8 Å². The molecule has 138 valence electrons. The van der Waals surface area contributed by atoms with Gasteiger partial charge < -0.3 is 15.4 Å². The first kappa shape index (κ1) is 17.4. The van der Waals surface area contributed by atoms with Gasteiger partial charge in [0.15, 0.2) is 5.82 Å². The summed E-state index contributed by atoms with van der Waals surface area (Å²) < 4.78 is 5.79. The second-order valence-electron chi connectivity index (χ2n) is 5.90. The van der Waals surface area contributed by atoms with Gasteiger partial charge in [0.25, 0.3) is 0 Å². The number of ether oxygens (including phenoxy) is 1. The zero-order valence-corrected chi connectivity index (χ0v) is 15.0. The highest BCUT2D eigenvalue weighted by Crippen LogP contribution is 2.23. The van der Waals surface area contributed by atoms with E-state index in [1.165, 1.54) is 0 Å². The number of nitrogens with zero attached hydrogens (tertiary/aromatic N) is 4. The molecule has 0 aliphatic heterocycles. The summed E-state index contributed by atoms with van der Waals surface area (Å²) in [6.07, 6.45) is 3.32. The van der Waals surface area contributed by atoms with Gasteiger partial charge >= 0.3 is 0 Å². The summed E-state index contributed by atoms with van der Waals surface area (Å²) in [7, 11) is 0. The van der Waals surface area contributed by atoms with E-state index in [0.717, 1.165) is 22.9 Å². The van der Waals surface area contributed by atoms with Crippen LogP contribution in [0.3, 0.4) is 0 Å². The smallest absolute Gasteiger partial charge is 0.245 e. The van der Waals surface area contributed by atoms with Gasteiger partial charge in [0.05, 0.1) is 18.4 Å². The molecule has 28 heavy (non-hydrogen) atoms. The molecule has 0 aliphatic rings. The van der Waals surface area contributed by atoms with E-state index < -0.39 is 0 Å². The van der Waals surface area contributed by atoms with Crippen LogP contribution in [0.5, 0.6) is 11.5 Å². The minimum Gasteiger partial charge on any atom is -0.457 e. The highest BCUT2D eigenvalue weighted by molar-refractivity contribution is 5.57. The molecule has 0 spiro atoms. The van der Waals surface area contributed by atoms with Crippen molar-refractivity contribution in [3.8, 4) is 11.5 Å². The molecule has 4 aromatic rings. The van der Waals surface area contributed by atoms with Crippen molar-refractivity contribution in [3.63, 3.8) is 0 Å². The number of aromatic nitrogens is 4. The molecule has 0 amide bonds. The topological polar surface area (TPSA) is 84.9 Å². The fourth-order valence-electron chi connectivity index (χ4n) is 2.49. The first-order valence-electron chi connectivity index (χ1n) is 8.79. The standard InChI is InChI=1S/C21H18N6O/c1-2-7-18(8-3-1)28-19-11-9-16(10-12-19)25-20-15-24-27-21(26-20)23-14-17-6-4-5-13-22-17/h1-13,15H,14H2,(H2,23,25,26,27). The van der Waals surface area contributed by atoms with E-state index >= 15 is 0 Å². The maximum atomic E-state index is 5.79. The Morgan fingerprint density at radius 1 is 0.821 bits per heavy atom. The van der Waals surface area contributed by atoms with Crippen LogP contribution in [0.15, 0.2) is 85.2 Å². The summed E-state index contributed by atoms with van der Waals surface area (Å²) in [5.41, 5.74) is 1.77. The average Bonchev–Trinajstić information content (AvgIpc) is 2.76. The highest BCUT2D eigenvalue weighted by atomic mass is 16.5. The lowest BCUT2D eigenvalue weighted by Gasteiger charge is -2.09. The molecule has 0 saturated heterocycles. The third kappa shape index (κ3) is 4.79. The van der Waals surface area contributed by atoms with Crippen LogP contribution in [0.4, 0.5) is 17.5 Å². The van der Waals surface area contributed by atoms with Gasteiger partial charge in [-0.3, -0.25) is 4.98 Å². The molecule has 0 saturated carbocycles. The van der Waals surface area contributed by atoms with Gasteiger partial charge in [0.1, 0.15) is 11.5 Å². The Morgan fingerprint density at radius 2 is 1.61 bits per heavy atom. The van der Waals surface area contributed by atoms with Crippen molar-refractivity contribution in [3.05, 3.63) is 90.9 Å². The van der Waals surface area contributed by atoms with E-state index in [0.29, 0.717) is 18.3 Å². The van der Waals surface area contributed by atoms with E-state index in [1.54, 1.807) is 12.4 Å². The number of pyridine rings is 1. The molecule has 0 fully saturated rings. The Labute approximate surface area is 162 Å². The summed E-state index contributed by atoms with van der Waals surface area (Å²) >= 11 is 0. The number of benzene rings is 2. The fraction of sp³-hybridized carbons (Fsp3) is 0.0476. The zero-order valence-electron chi connectivity index (χ0n) is 15.0. The molecule has 0 unspecified atom stereocenters. The molecular formula is C21H18N6O. The van der Waals surface area contributed by atoms with Crippen LogP contribution < -0.4 is 15.4 Å². The number of hydrogen-bond acceptors (Lipinski definition) is 7. The molecule has 7 nitrogen and oxygen atoms in total. The van der Waals surface area contributed by atoms with Crippen molar-refractivity contribution in [2.45, 2.75) is 6.54 Å². The van der Waals surface area contributed by atoms with Gasteiger partial charge in [-0.25, -0.2) is 0 Å². The monoisotopic (exact) mass is 370 g/mol. The van der Waals surface area contributed by atoms with Crippen LogP contribution in [0.1, 0.15) is 5.69 Å². The second-order valence-corrected chi connectivity index (χ2v) is 5.90. The van der Waals surface area contributed by atoms with Gasteiger partial charge in [-0.05, 0) is 48.5 Å². The predicted molar refractivity (Wildman–Crippen MR) is 108 cm³/mol. The Bertz CT molecular complexity index is 1010. The summed E-state index contributed by atoms with van der Waals surface area (Å²) in [4.78, 5) is 8.67. The molecular weight excluding hydrogens is 352 g/mol. The van der Waals surface area contributed by atoms with E-state index in [9.17, 15) is 0 Å². The summed E-state index contributed by atoms with van der Waals surface area (Å²) in [5.74, 6) is 2.58. The molecule has 0 atom stereocenters. The molecule has 7 heteroatoms. The van der Waals surface area contributed by atoms with Gasteiger partial charge in [-0.2, -0.15) is 10.1 Å². The number of nitrogens with one attached hydrogen (secondary N) is 2. The molecule has 0 bridgehead atoms. The zero-order chi connectivity index (χ0) is 19.0. The number of anilines is 3. The lowest BCUT2D eigenvalue weighted by molar-refractivity contribution is 0.483. The number of hydrogen-bond donors (Lipinski definition) is 2.